The number of sulfone groups is 1. The summed E-state index contributed by atoms with van der Waals surface area (Å²) in [4.78, 5) is 39.0. The first-order valence-corrected chi connectivity index (χ1v) is 15.6. The molecule has 10 nitrogen and oxygen atoms in total. The summed E-state index contributed by atoms with van der Waals surface area (Å²) in [5.41, 5.74) is 3.92. The monoisotopic (exact) mass is 641 g/mol. The van der Waals surface area contributed by atoms with Gasteiger partial charge in [0.2, 0.25) is 5.91 Å². The van der Waals surface area contributed by atoms with Crippen molar-refractivity contribution in [1.29, 1.82) is 0 Å². The van der Waals surface area contributed by atoms with Crippen LogP contribution in [0.5, 0.6) is 5.75 Å². The van der Waals surface area contributed by atoms with Gasteiger partial charge < -0.3 is 25.8 Å². The highest BCUT2D eigenvalue weighted by atomic mass is 32.2. The highest BCUT2D eigenvalue weighted by molar-refractivity contribution is 7.91. The van der Waals surface area contributed by atoms with Crippen LogP contribution in [0.15, 0.2) is 41.3 Å². The van der Waals surface area contributed by atoms with E-state index in [-0.39, 0.29) is 18.0 Å². The van der Waals surface area contributed by atoms with Gasteiger partial charge in [-0.05, 0) is 75.3 Å². The zero-order chi connectivity index (χ0) is 32.2. The molecule has 0 spiro atoms. The third-order valence-corrected chi connectivity index (χ3v) is 10.8. The molecule has 0 radical (unpaired) electrons. The van der Waals surface area contributed by atoms with Crippen LogP contribution in [0.3, 0.4) is 0 Å². The summed E-state index contributed by atoms with van der Waals surface area (Å²) in [6.45, 7) is 0.554. The molecule has 0 saturated heterocycles. The number of benzene rings is 2. The lowest BCUT2D eigenvalue weighted by Gasteiger charge is -2.51. The number of nitrogens with two attached hydrogens (primary N) is 1. The van der Waals surface area contributed by atoms with E-state index in [9.17, 15) is 41.1 Å². The molecule has 6 rings (SSSR count). The van der Waals surface area contributed by atoms with E-state index >= 15 is 4.39 Å². The van der Waals surface area contributed by atoms with Gasteiger partial charge >= 0.3 is 12.1 Å². The van der Waals surface area contributed by atoms with E-state index in [0.717, 1.165) is 17.9 Å². The highest BCUT2D eigenvalue weighted by Gasteiger charge is 2.53. The Hall–Kier alpha value is -3.72. The van der Waals surface area contributed by atoms with E-state index in [1.165, 1.54) is 24.3 Å². The fourth-order valence-electron chi connectivity index (χ4n) is 6.19. The number of rotatable bonds is 7. The number of ether oxygens (including phenoxy) is 1. The largest absolute Gasteiger partial charge is 0.481 e. The van der Waals surface area contributed by atoms with Crippen molar-refractivity contribution in [3.05, 3.63) is 53.3 Å². The zero-order valence-corrected chi connectivity index (χ0v) is 24.4. The first-order valence-electron chi connectivity index (χ1n) is 14.0. The minimum Gasteiger partial charge on any atom is -0.481 e. The molecule has 2 aromatic rings. The molecule has 1 heterocycles. The van der Waals surface area contributed by atoms with E-state index in [1.54, 1.807) is 0 Å². The number of halogens is 4. The van der Waals surface area contributed by atoms with Gasteiger partial charge in [0.15, 0.2) is 15.9 Å². The van der Waals surface area contributed by atoms with Gasteiger partial charge in [0, 0.05) is 5.54 Å². The molecule has 4 aliphatic rings. The SMILES string of the molecule is C[C@@H](Oc1ccc(CN2C(=O)[C@@H](N)CS(=O)(=O)c3cc(F)c(C(=O)NC45CCC(C(=O)O)(CC4)CC5)cc32)cc1)C(F)(F)F. The van der Waals surface area contributed by atoms with E-state index in [1.807, 2.05) is 0 Å². The molecule has 2 atom stereocenters. The summed E-state index contributed by atoms with van der Waals surface area (Å²) in [6.07, 6.45) is -4.45. The van der Waals surface area contributed by atoms with E-state index in [2.05, 4.69) is 5.32 Å². The molecule has 2 bridgehead atoms. The maximum absolute atomic E-state index is 15.4. The number of alkyl halides is 3. The second kappa shape index (κ2) is 11.0. The van der Waals surface area contributed by atoms with Crippen LogP contribution in [0, 0.1) is 11.2 Å². The number of aliphatic carboxylic acids is 1. The summed E-state index contributed by atoms with van der Waals surface area (Å²) in [5, 5.41) is 12.5. The number of fused-ring (bicyclic) bond motifs is 4. The van der Waals surface area contributed by atoms with Crippen LogP contribution in [0.1, 0.15) is 61.4 Å². The number of carboxylic acids is 1. The van der Waals surface area contributed by atoms with Gasteiger partial charge in [-0.2, -0.15) is 13.2 Å². The standard InChI is InChI=1S/C29H31F4N3O7S/c1-16(29(31,32)33)43-18-4-2-17(3-5-18)14-36-22-12-19(20(30)13-23(22)44(41,42)15-21(34)25(36)38)24(37)35-28-9-6-27(7-10-28,8-11-28)26(39)40/h2-5,12-13,16,21H,6-11,14-15,34H2,1H3,(H,35,37)(H,39,40)/t16-,21+,27?,28?/m1/s1. The van der Waals surface area contributed by atoms with Crippen LogP contribution >= 0.6 is 0 Å². The summed E-state index contributed by atoms with van der Waals surface area (Å²) >= 11 is 0. The summed E-state index contributed by atoms with van der Waals surface area (Å²) in [5.74, 6) is -4.57. The minimum absolute atomic E-state index is 0.0909. The van der Waals surface area contributed by atoms with Crippen molar-refractivity contribution in [3.63, 3.8) is 0 Å². The van der Waals surface area contributed by atoms with Gasteiger partial charge in [-0.3, -0.25) is 14.4 Å². The first-order chi connectivity index (χ1) is 20.5. The predicted octanol–water partition coefficient (Wildman–Crippen LogP) is 3.71. The molecule has 15 heteroatoms. The Bertz CT molecular complexity index is 1590. The Labute approximate surface area is 250 Å². The van der Waals surface area contributed by atoms with Crippen LogP contribution in [-0.4, -0.2) is 60.9 Å². The molecule has 3 fully saturated rings. The number of carbonyl (C=O) groups excluding carboxylic acids is 2. The van der Waals surface area contributed by atoms with Crippen molar-refractivity contribution >= 4 is 33.3 Å². The van der Waals surface area contributed by atoms with Crippen LogP contribution in [0.4, 0.5) is 23.2 Å². The number of amides is 2. The highest BCUT2D eigenvalue weighted by Crippen LogP contribution is 2.52. The number of hydrogen-bond acceptors (Lipinski definition) is 7. The van der Waals surface area contributed by atoms with Crippen molar-refractivity contribution in [2.45, 2.75) is 80.7 Å². The molecular weight excluding hydrogens is 610 g/mol. The van der Waals surface area contributed by atoms with Gasteiger partial charge in [-0.25, -0.2) is 12.8 Å². The second-order valence-electron chi connectivity index (χ2n) is 11.9. The Morgan fingerprint density at radius 3 is 2.25 bits per heavy atom. The Morgan fingerprint density at radius 1 is 1.11 bits per heavy atom. The fourth-order valence-corrected chi connectivity index (χ4v) is 7.75. The smallest absolute Gasteiger partial charge is 0.425 e. The molecule has 4 N–H and O–H groups in total. The Morgan fingerprint density at radius 2 is 1.70 bits per heavy atom. The van der Waals surface area contributed by atoms with Gasteiger partial charge in [0.25, 0.3) is 5.91 Å². The van der Waals surface area contributed by atoms with Crippen molar-refractivity contribution in [3.8, 4) is 5.75 Å². The van der Waals surface area contributed by atoms with Gasteiger partial charge in [0.05, 0.1) is 39.9 Å². The number of nitrogens with one attached hydrogen (secondary N) is 1. The van der Waals surface area contributed by atoms with Crippen LogP contribution in [0.25, 0.3) is 0 Å². The lowest BCUT2D eigenvalue weighted by Crippen LogP contribution is -2.58. The molecule has 238 valence electrons. The van der Waals surface area contributed by atoms with Crippen molar-refractivity contribution in [2.24, 2.45) is 11.1 Å². The van der Waals surface area contributed by atoms with Crippen molar-refractivity contribution in [2.75, 3.05) is 10.7 Å². The molecule has 1 aliphatic heterocycles. The Kier molecular flexibility index (Phi) is 7.94. The van der Waals surface area contributed by atoms with E-state index in [0.29, 0.717) is 50.2 Å². The van der Waals surface area contributed by atoms with E-state index in [4.69, 9.17) is 10.5 Å². The minimum atomic E-state index is -4.58. The lowest BCUT2D eigenvalue weighted by atomic mass is 9.57. The normalized spacial score (nSPS) is 26.8. The fraction of sp³-hybridized carbons (Fsp3) is 0.483. The maximum Gasteiger partial charge on any atom is 0.425 e. The maximum atomic E-state index is 15.4. The van der Waals surface area contributed by atoms with Crippen LogP contribution in [0.2, 0.25) is 0 Å². The molecule has 3 saturated carbocycles. The Balaban J connectivity index is 1.45. The number of carbonyl (C=O) groups is 3. The second-order valence-corrected chi connectivity index (χ2v) is 13.9. The first kappa shape index (κ1) is 31.7. The molecule has 44 heavy (non-hydrogen) atoms. The third kappa shape index (κ3) is 5.86. The quantitative estimate of drug-likeness (QED) is 0.387. The molecule has 2 aromatic carbocycles. The number of carboxylic acid groups (broad SMARTS) is 1. The topological polar surface area (TPSA) is 156 Å². The number of anilines is 1. The van der Waals surface area contributed by atoms with Crippen LogP contribution < -0.4 is 20.7 Å². The average molecular weight is 642 g/mol. The molecular formula is C29H31F4N3O7S. The number of hydrogen-bond donors (Lipinski definition) is 3. The van der Waals surface area contributed by atoms with Crippen molar-refractivity contribution < 1.29 is 50.2 Å². The van der Waals surface area contributed by atoms with E-state index < -0.39 is 78.9 Å². The molecule has 0 aromatic heterocycles. The van der Waals surface area contributed by atoms with Gasteiger partial charge in [-0.15, -0.1) is 0 Å². The zero-order valence-electron chi connectivity index (χ0n) is 23.6. The van der Waals surface area contributed by atoms with Crippen molar-refractivity contribution in [1.82, 2.24) is 5.32 Å². The number of nitrogens with zero attached hydrogens (tertiary/aromatic N) is 1. The molecule has 2 amide bonds. The van der Waals surface area contributed by atoms with Gasteiger partial charge in [-0.1, -0.05) is 12.1 Å². The van der Waals surface area contributed by atoms with Crippen LogP contribution in [-0.2, 0) is 26.0 Å². The summed E-state index contributed by atoms with van der Waals surface area (Å²) in [7, 11) is -4.28. The third-order valence-electron chi connectivity index (χ3n) is 9.02. The van der Waals surface area contributed by atoms with Gasteiger partial charge in [0.1, 0.15) is 11.6 Å². The predicted molar refractivity (Wildman–Crippen MR) is 148 cm³/mol. The lowest BCUT2D eigenvalue weighted by molar-refractivity contribution is -0.189. The summed E-state index contributed by atoms with van der Waals surface area (Å²) < 4.78 is 85.2. The molecule has 0 unspecified atom stereocenters. The average Bonchev–Trinajstić information content (AvgIpc) is 3.02. The summed E-state index contributed by atoms with van der Waals surface area (Å²) in [6, 6.07) is 5.44. The molecule has 3 aliphatic carbocycles.